The highest BCUT2D eigenvalue weighted by Crippen LogP contribution is 2.40. The van der Waals surface area contributed by atoms with E-state index in [-0.39, 0.29) is 17.4 Å². The third-order valence-corrected chi connectivity index (χ3v) is 7.25. The lowest BCUT2D eigenvalue weighted by Gasteiger charge is -2.36. The fourth-order valence-electron chi connectivity index (χ4n) is 4.42. The molecule has 4 rings (SSSR count). The number of non-ortho nitro benzene ring substituents is 1. The number of hydrogen-bond acceptors (Lipinski definition) is 6. The maximum absolute atomic E-state index is 11.5. The summed E-state index contributed by atoms with van der Waals surface area (Å²) in [5.41, 5.74) is 2.11. The lowest BCUT2D eigenvalue weighted by atomic mass is 9.78. The largest absolute Gasteiger partial charge is 0.313 e. The molecular formula is C23H24N4O4S. The van der Waals surface area contributed by atoms with Crippen molar-refractivity contribution in [1.82, 2.24) is 4.57 Å². The second-order valence-corrected chi connectivity index (χ2v) is 9.11. The monoisotopic (exact) mass is 452 g/mol. The number of para-hydroxylation sites is 2. The van der Waals surface area contributed by atoms with E-state index >= 15 is 0 Å². The summed E-state index contributed by atoms with van der Waals surface area (Å²) >= 11 is 1.43. The molecule has 3 unspecified atom stereocenters. The van der Waals surface area contributed by atoms with Crippen LogP contribution in [-0.4, -0.2) is 14.4 Å². The number of nitro benzene ring substituents is 2. The summed E-state index contributed by atoms with van der Waals surface area (Å²) in [7, 11) is 0. The molecular weight excluding hydrogens is 428 g/mol. The highest BCUT2D eigenvalue weighted by molar-refractivity contribution is 7.07. The molecule has 2 aromatic carbocycles. The van der Waals surface area contributed by atoms with Gasteiger partial charge in [-0.3, -0.25) is 20.2 Å². The molecule has 0 radical (unpaired) electrons. The molecule has 0 aliphatic heterocycles. The Balaban J connectivity index is 1.90. The van der Waals surface area contributed by atoms with Gasteiger partial charge in [-0.2, -0.15) is 0 Å². The first-order chi connectivity index (χ1) is 15.4. The quantitative estimate of drug-likeness (QED) is 0.336. The van der Waals surface area contributed by atoms with E-state index in [1.165, 1.54) is 36.0 Å². The number of nitrogens with zero attached hydrogens (tertiary/aromatic N) is 4. The van der Waals surface area contributed by atoms with Crippen LogP contribution in [0.15, 0.2) is 58.9 Å². The van der Waals surface area contributed by atoms with E-state index in [1.807, 2.05) is 5.38 Å². The maximum atomic E-state index is 11.5. The van der Waals surface area contributed by atoms with Gasteiger partial charge in [0.05, 0.1) is 15.5 Å². The van der Waals surface area contributed by atoms with E-state index in [4.69, 9.17) is 4.99 Å². The van der Waals surface area contributed by atoms with E-state index < -0.39 is 9.85 Å². The summed E-state index contributed by atoms with van der Waals surface area (Å²) in [5.74, 6) is 0.949. The number of thiazole rings is 1. The van der Waals surface area contributed by atoms with Gasteiger partial charge in [-0.25, -0.2) is 4.99 Å². The Hall–Kier alpha value is -3.33. The number of hydrogen-bond donors (Lipinski definition) is 0. The van der Waals surface area contributed by atoms with Crippen molar-refractivity contribution in [3.8, 4) is 11.3 Å². The summed E-state index contributed by atoms with van der Waals surface area (Å²) in [6.07, 6.45) is 3.27. The van der Waals surface area contributed by atoms with E-state index in [9.17, 15) is 20.2 Å². The van der Waals surface area contributed by atoms with Crippen molar-refractivity contribution in [3.63, 3.8) is 0 Å². The van der Waals surface area contributed by atoms with Gasteiger partial charge in [-0.15, -0.1) is 11.3 Å². The molecule has 166 valence electrons. The van der Waals surface area contributed by atoms with Crippen molar-refractivity contribution >= 4 is 28.4 Å². The first kappa shape index (κ1) is 21.9. The first-order valence-corrected chi connectivity index (χ1v) is 11.5. The van der Waals surface area contributed by atoms with Crippen LogP contribution < -0.4 is 4.80 Å². The Morgan fingerprint density at radius 1 is 1.00 bits per heavy atom. The lowest BCUT2D eigenvalue weighted by Crippen LogP contribution is -2.32. The summed E-state index contributed by atoms with van der Waals surface area (Å²) in [6, 6.07) is 13.2. The second-order valence-electron chi connectivity index (χ2n) is 8.27. The second kappa shape index (κ2) is 9.04. The molecule has 1 aliphatic rings. The molecule has 1 aromatic heterocycles. The van der Waals surface area contributed by atoms with Crippen LogP contribution in [0.4, 0.5) is 17.1 Å². The molecule has 0 spiro atoms. The molecule has 3 aromatic rings. The third-order valence-electron chi connectivity index (χ3n) is 6.41. The van der Waals surface area contributed by atoms with Crippen LogP contribution in [0.25, 0.3) is 11.3 Å². The zero-order chi connectivity index (χ0) is 22.8. The Morgan fingerprint density at radius 3 is 2.41 bits per heavy atom. The smallest absolute Gasteiger partial charge is 0.294 e. The fourth-order valence-corrected chi connectivity index (χ4v) is 5.39. The van der Waals surface area contributed by atoms with Gasteiger partial charge in [0, 0.05) is 29.6 Å². The Kier molecular flexibility index (Phi) is 6.18. The topological polar surface area (TPSA) is 104 Å². The zero-order valence-corrected chi connectivity index (χ0v) is 18.7. The number of rotatable bonds is 5. The normalized spacial score (nSPS) is 21.4. The van der Waals surface area contributed by atoms with E-state index in [1.54, 1.807) is 30.3 Å². The highest BCUT2D eigenvalue weighted by atomic mass is 32.1. The predicted molar refractivity (Wildman–Crippen MR) is 124 cm³/mol. The molecule has 0 saturated heterocycles. The van der Waals surface area contributed by atoms with Gasteiger partial charge in [0.2, 0.25) is 0 Å². The van der Waals surface area contributed by atoms with Crippen molar-refractivity contribution in [2.45, 2.75) is 39.2 Å². The average molecular weight is 453 g/mol. The van der Waals surface area contributed by atoms with Gasteiger partial charge in [0.15, 0.2) is 4.80 Å². The van der Waals surface area contributed by atoms with Crippen LogP contribution >= 0.6 is 11.3 Å². The predicted octanol–water partition coefficient (Wildman–Crippen LogP) is 6.26. The average Bonchev–Trinajstić information content (AvgIpc) is 3.19. The van der Waals surface area contributed by atoms with Crippen LogP contribution in [0.2, 0.25) is 0 Å². The minimum atomic E-state index is -0.417. The SMILES string of the molecule is CC1CCCC(n2c(-c3ccc([N+](=O)[O-])cc3)csc2=Nc2ccccc2[N+](=O)[O-])C1C. The van der Waals surface area contributed by atoms with Crippen LogP contribution in [0.5, 0.6) is 0 Å². The van der Waals surface area contributed by atoms with E-state index in [2.05, 4.69) is 18.4 Å². The van der Waals surface area contributed by atoms with E-state index in [0.29, 0.717) is 22.3 Å². The summed E-state index contributed by atoms with van der Waals surface area (Å²) in [4.78, 5) is 27.1. The van der Waals surface area contributed by atoms with Gasteiger partial charge < -0.3 is 4.57 Å². The highest BCUT2D eigenvalue weighted by Gasteiger charge is 2.31. The molecule has 8 nitrogen and oxygen atoms in total. The number of benzene rings is 2. The van der Waals surface area contributed by atoms with Crippen molar-refractivity contribution in [3.05, 3.63) is 78.9 Å². The number of nitro groups is 2. The molecule has 1 aliphatic carbocycles. The standard InChI is InChI=1S/C23H24N4O4S/c1-15-6-5-9-20(16(15)2)25-22(17-10-12-18(13-11-17)26(28)29)14-32-23(25)24-19-7-3-4-8-21(19)27(30)31/h3-4,7-8,10-16,20H,5-6,9H2,1-2H3. The maximum Gasteiger partial charge on any atom is 0.294 e. The van der Waals surface area contributed by atoms with Crippen LogP contribution in [0, 0.1) is 32.1 Å². The van der Waals surface area contributed by atoms with Gasteiger partial charge in [0.1, 0.15) is 5.69 Å². The molecule has 0 bridgehead atoms. The Morgan fingerprint density at radius 2 is 1.72 bits per heavy atom. The van der Waals surface area contributed by atoms with E-state index in [0.717, 1.165) is 24.1 Å². The van der Waals surface area contributed by atoms with Gasteiger partial charge in [-0.05, 0) is 42.0 Å². The summed E-state index contributed by atoms with van der Waals surface area (Å²) in [6.45, 7) is 4.50. The van der Waals surface area contributed by atoms with Crippen LogP contribution in [0.1, 0.15) is 39.2 Å². The molecule has 1 heterocycles. The van der Waals surface area contributed by atoms with Crippen LogP contribution in [0.3, 0.4) is 0 Å². The molecule has 0 amide bonds. The van der Waals surface area contributed by atoms with Gasteiger partial charge in [-0.1, -0.05) is 38.8 Å². The third kappa shape index (κ3) is 4.20. The Bertz CT molecular complexity index is 1220. The molecule has 32 heavy (non-hydrogen) atoms. The summed E-state index contributed by atoms with van der Waals surface area (Å²) in [5, 5.41) is 24.5. The fraction of sp³-hybridized carbons (Fsp3) is 0.348. The lowest BCUT2D eigenvalue weighted by molar-refractivity contribution is -0.384. The van der Waals surface area contributed by atoms with Gasteiger partial charge >= 0.3 is 0 Å². The summed E-state index contributed by atoms with van der Waals surface area (Å²) < 4.78 is 2.18. The Labute approximate surface area is 189 Å². The van der Waals surface area contributed by atoms with Gasteiger partial charge in [0.25, 0.3) is 11.4 Å². The van der Waals surface area contributed by atoms with Crippen molar-refractivity contribution in [2.24, 2.45) is 16.8 Å². The molecule has 1 saturated carbocycles. The van der Waals surface area contributed by atoms with Crippen molar-refractivity contribution < 1.29 is 9.85 Å². The molecule has 1 fully saturated rings. The molecule has 9 heteroatoms. The van der Waals surface area contributed by atoms with Crippen LogP contribution in [-0.2, 0) is 0 Å². The minimum absolute atomic E-state index is 0.0330. The zero-order valence-electron chi connectivity index (χ0n) is 17.9. The minimum Gasteiger partial charge on any atom is -0.313 e. The van der Waals surface area contributed by atoms with Crippen molar-refractivity contribution in [1.29, 1.82) is 0 Å². The first-order valence-electron chi connectivity index (χ1n) is 10.6. The molecule has 3 atom stereocenters. The number of aromatic nitrogens is 1. The molecule has 0 N–H and O–H groups in total. The van der Waals surface area contributed by atoms with Crippen molar-refractivity contribution in [2.75, 3.05) is 0 Å².